The summed E-state index contributed by atoms with van der Waals surface area (Å²) >= 11 is 0. The molecule has 3 nitrogen and oxygen atoms in total. The van der Waals surface area contributed by atoms with Gasteiger partial charge in [-0.15, -0.1) is 0 Å². The van der Waals surface area contributed by atoms with Crippen LogP contribution in [-0.2, 0) is 4.79 Å². The number of carbonyl (C=O) groups is 1. The van der Waals surface area contributed by atoms with Gasteiger partial charge in [0.25, 0.3) is 5.91 Å². The highest BCUT2D eigenvalue weighted by Crippen LogP contribution is 2.30. The molecule has 0 aliphatic heterocycles. The topological polar surface area (TPSA) is 49.3 Å². The van der Waals surface area contributed by atoms with Gasteiger partial charge in [0, 0.05) is 5.69 Å². The number of carbonyl (C=O) groups excluding carboxylic acids is 1. The molecule has 1 atom stereocenters. The molecule has 0 saturated carbocycles. The molecule has 1 aromatic carbocycles. The Morgan fingerprint density at radius 3 is 2.19 bits per heavy atom. The lowest BCUT2D eigenvalue weighted by Gasteiger charge is -2.24. The summed E-state index contributed by atoms with van der Waals surface area (Å²) < 4.78 is 36.8. The number of halogens is 3. The molecule has 1 amide bonds. The van der Waals surface area contributed by atoms with Crippen LogP contribution in [0.2, 0.25) is 0 Å². The molecule has 1 unspecified atom stereocenters. The van der Waals surface area contributed by atoms with E-state index in [-0.39, 0.29) is 5.69 Å². The number of hydrogen-bond donors (Lipinski definition) is 2. The van der Waals surface area contributed by atoms with Crippen molar-refractivity contribution in [1.29, 1.82) is 0 Å². The predicted octanol–water partition coefficient (Wildman–Crippen LogP) is 1.94. The van der Waals surface area contributed by atoms with Gasteiger partial charge in [-0.2, -0.15) is 13.2 Å². The van der Waals surface area contributed by atoms with Gasteiger partial charge in [0.2, 0.25) is 5.60 Å². The zero-order valence-electron chi connectivity index (χ0n) is 8.38. The molecule has 0 aliphatic carbocycles. The van der Waals surface area contributed by atoms with Crippen LogP contribution < -0.4 is 5.32 Å². The highest BCUT2D eigenvalue weighted by Gasteiger charge is 2.55. The third-order valence-electron chi connectivity index (χ3n) is 2.03. The van der Waals surface area contributed by atoms with Crippen molar-refractivity contribution in [3.05, 3.63) is 30.3 Å². The second kappa shape index (κ2) is 4.13. The number of aliphatic hydroxyl groups is 1. The summed E-state index contributed by atoms with van der Waals surface area (Å²) in [5, 5.41) is 11.0. The highest BCUT2D eigenvalue weighted by molar-refractivity contribution is 5.97. The number of nitrogens with one attached hydrogen (secondary N) is 1. The third kappa shape index (κ3) is 2.52. The third-order valence-corrected chi connectivity index (χ3v) is 2.03. The molecular formula is C10H10F3NO2. The van der Waals surface area contributed by atoms with E-state index in [2.05, 4.69) is 0 Å². The van der Waals surface area contributed by atoms with Gasteiger partial charge in [0.1, 0.15) is 0 Å². The van der Waals surface area contributed by atoms with Crippen molar-refractivity contribution in [1.82, 2.24) is 0 Å². The van der Waals surface area contributed by atoms with E-state index in [1.807, 2.05) is 5.32 Å². The molecule has 16 heavy (non-hydrogen) atoms. The predicted molar refractivity (Wildman–Crippen MR) is 51.8 cm³/mol. The van der Waals surface area contributed by atoms with Crippen LogP contribution in [0, 0.1) is 0 Å². The number of alkyl halides is 3. The van der Waals surface area contributed by atoms with E-state index in [0.717, 1.165) is 0 Å². The fourth-order valence-electron chi connectivity index (χ4n) is 0.903. The van der Waals surface area contributed by atoms with Crippen LogP contribution in [-0.4, -0.2) is 22.8 Å². The minimum absolute atomic E-state index is 0.192. The normalized spacial score (nSPS) is 15.3. The maximum atomic E-state index is 12.3. The molecule has 0 heterocycles. The van der Waals surface area contributed by atoms with Crippen molar-refractivity contribution < 1.29 is 23.1 Å². The van der Waals surface area contributed by atoms with Gasteiger partial charge >= 0.3 is 6.18 Å². The number of amides is 1. The van der Waals surface area contributed by atoms with E-state index in [1.165, 1.54) is 12.1 Å². The summed E-state index contributed by atoms with van der Waals surface area (Å²) in [4.78, 5) is 11.2. The van der Waals surface area contributed by atoms with Gasteiger partial charge in [0.15, 0.2) is 0 Å². The molecular weight excluding hydrogens is 223 g/mol. The molecule has 0 saturated heterocycles. The van der Waals surface area contributed by atoms with Crippen LogP contribution in [0.5, 0.6) is 0 Å². The Bertz CT molecular complexity index is 373. The first-order valence-electron chi connectivity index (χ1n) is 4.41. The Kier molecular flexibility index (Phi) is 3.23. The number of rotatable bonds is 2. The Hall–Kier alpha value is -1.56. The first-order chi connectivity index (χ1) is 7.25. The van der Waals surface area contributed by atoms with Gasteiger partial charge in [-0.05, 0) is 19.1 Å². The number of benzene rings is 1. The second-order valence-electron chi connectivity index (χ2n) is 3.39. The minimum atomic E-state index is -5.01. The van der Waals surface area contributed by atoms with Gasteiger partial charge in [-0.25, -0.2) is 0 Å². The van der Waals surface area contributed by atoms with Crippen molar-refractivity contribution in [3.8, 4) is 0 Å². The van der Waals surface area contributed by atoms with Gasteiger partial charge in [-0.3, -0.25) is 4.79 Å². The van der Waals surface area contributed by atoms with E-state index in [1.54, 1.807) is 18.2 Å². The Morgan fingerprint density at radius 1 is 1.25 bits per heavy atom. The first kappa shape index (κ1) is 12.5. The lowest BCUT2D eigenvalue weighted by molar-refractivity contribution is -0.242. The summed E-state index contributed by atoms with van der Waals surface area (Å²) in [7, 11) is 0. The van der Waals surface area contributed by atoms with E-state index < -0.39 is 17.7 Å². The summed E-state index contributed by atoms with van der Waals surface area (Å²) in [5.74, 6) is -1.51. The van der Waals surface area contributed by atoms with Gasteiger partial charge in [-0.1, -0.05) is 18.2 Å². The van der Waals surface area contributed by atoms with Crippen molar-refractivity contribution in [2.24, 2.45) is 0 Å². The minimum Gasteiger partial charge on any atom is -0.373 e. The van der Waals surface area contributed by atoms with Crippen molar-refractivity contribution in [3.63, 3.8) is 0 Å². The van der Waals surface area contributed by atoms with Crippen LogP contribution in [0.25, 0.3) is 0 Å². The molecule has 0 aromatic heterocycles. The molecule has 1 aromatic rings. The zero-order valence-corrected chi connectivity index (χ0v) is 8.38. The molecule has 0 bridgehead atoms. The molecule has 0 aliphatic rings. The average molecular weight is 233 g/mol. The monoisotopic (exact) mass is 233 g/mol. The van der Waals surface area contributed by atoms with Crippen LogP contribution in [0.15, 0.2) is 30.3 Å². The van der Waals surface area contributed by atoms with E-state index in [0.29, 0.717) is 6.92 Å². The van der Waals surface area contributed by atoms with Crippen molar-refractivity contribution >= 4 is 11.6 Å². The second-order valence-corrected chi connectivity index (χ2v) is 3.39. The molecule has 6 heteroatoms. The van der Waals surface area contributed by atoms with Gasteiger partial charge in [0.05, 0.1) is 0 Å². The molecule has 1 rings (SSSR count). The number of para-hydroxylation sites is 1. The Morgan fingerprint density at radius 2 is 1.75 bits per heavy atom. The van der Waals surface area contributed by atoms with E-state index in [9.17, 15) is 18.0 Å². The molecule has 88 valence electrons. The quantitative estimate of drug-likeness (QED) is 0.820. The smallest absolute Gasteiger partial charge is 0.373 e. The van der Waals surface area contributed by atoms with Crippen LogP contribution in [0.1, 0.15) is 6.92 Å². The fourth-order valence-corrected chi connectivity index (χ4v) is 0.903. The molecule has 2 N–H and O–H groups in total. The first-order valence-corrected chi connectivity index (χ1v) is 4.41. The maximum Gasteiger partial charge on any atom is 0.426 e. The lowest BCUT2D eigenvalue weighted by Crippen LogP contribution is -2.52. The SMILES string of the molecule is CC(O)(C(=O)Nc1ccccc1)C(F)(F)F. The zero-order chi connectivity index (χ0) is 12.4. The largest absolute Gasteiger partial charge is 0.426 e. The molecule has 0 spiro atoms. The average Bonchev–Trinajstić information content (AvgIpc) is 2.17. The highest BCUT2D eigenvalue weighted by atomic mass is 19.4. The van der Waals surface area contributed by atoms with Crippen LogP contribution in [0.4, 0.5) is 18.9 Å². The van der Waals surface area contributed by atoms with Crippen LogP contribution in [0.3, 0.4) is 0 Å². The van der Waals surface area contributed by atoms with E-state index >= 15 is 0 Å². The molecule has 0 radical (unpaired) electrons. The summed E-state index contributed by atoms with van der Waals surface area (Å²) in [6.45, 7) is 0.408. The van der Waals surface area contributed by atoms with Crippen molar-refractivity contribution in [2.75, 3.05) is 5.32 Å². The summed E-state index contributed by atoms with van der Waals surface area (Å²) in [6.07, 6.45) is -5.01. The summed E-state index contributed by atoms with van der Waals surface area (Å²) in [5.41, 5.74) is -3.21. The van der Waals surface area contributed by atoms with Gasteiger partial charge < -0.3 is 10.4 Å². The fraction of sp³-hybridized carbons (Fsp3) is 0.300. The maximum absolute atomic E-state index is 12.3. The Balaban J connectivity index is 2.81. The lowest BCUT2D eigenvalue weighted by atomic mass is 10.1. The van der Waals surface area contributed by atoms with E-state index in [4.69, 9.17) is 5.11 Å². The Labute approximate surface area is 89.9 Å². The van der Waals surface area contributed by atoms with Crippen molar-refractivity contribution in [2.45, 2.75) is 18.7 Å². The number of hydrogen-bond acceptors (Lipinski definition) is 2. The van der Waals surface area contributed by atoms with Crippen LogP contribution >= 0.6 is 0 Å². The summed E-state index contributed by atoms with van der Waals surface area (Å²) in [6, 6.07) is 7.60. The molecule has 0 fully saturated rings. The number of anilines is 1. The standard InChI is InChI=1S/C10H10F3NO2/c1-9(16,10(11,12)13)8(15)14-7-5-3-2-4-6-7/h2-6,16H,1H3,(H,14,15).